The number of hydrogen-bond acceptors (Lipinski definition) is 5. The van der Waals surface area contributed by atoms with Gasteiger partial charge in [0.25, 0.3) is 0 Å². The highest BCUT2D eigenvalue weighted by molar-refractivity contribution is 5.58. The van der Waals surface area contributed by atoms with Gasteiger partial charge in [0, 0.05) is 19.6 Å². The van der Waals surface area contributed by atoms with Crippen LogP contribution in [0.2, 0.25) is 0 Å². The van der Waals surface area contributed by atoms with Gasteiger partial charge in [-0.2, -0.15) is 4.98 Å². The Balaban J connectivity index is 2.46. The Morgan fingerprint density at radius 2 is 2.00 bits per heavy atom. The van der Waals surface area contributed by atoms with Crippen LogP contribution in [0.25, 0.3) is 0 Å². The normalized spacial score (nSPS) is 11.4. The van der Waals surface area contributed by atoms with Crippen LogP contribution in [0.5, 0.6) is 5.88 Å². The standard InChI is InChI=1S/C11H19N3O2/c1-11(2,15-3)6-7-16-9-5-4-8(12)10(13)14-9/h4-5H,6-7,12H2,1-3H3,(H2,13,14). The predicted molar refractivity (Wildman–Crippen MR) is 64.3 cm³/mol. The number of aromatic nitrogens is 1. The number of rotatable bonds is 5. The van der Waals surface area contributed by atoms with Gasteiger partial charge in [0.2, 0.25) is 5.88 Å². The van der Waals surface area contributed by atoms with Crippen LogP contribution in [-0.2, 0) is 4.74 Å². The molecular weight excluding hydrogens is 206 g/mol. The number of ether oxygens (including phenoxy) is 2. The molecule has 4 N–H and O–H groups in total. The molecule has 1 rings (SSSR count). The summed E-state index contributed by atoms with van der Waals surface area (Å²) in [6.45, 7) is 4.53. The van der Waals surface area contributed by atoms with E-state index in [2.05, 4.69) is 4.98 Å². The lowest BCUT2D eigenvalue weighted by molar-refractivity contribution is 0.00510. The summed E-state index contributed by atoms with van der Waals surface area (Å²) < 4.78 is 10.7. The summed E-state index contributed by atoms with van der Waals surface area (Å²) in [6.07, 6.45) is 0.773. The number of nitrogen functional groups attached to an aromatic ring is 2. The Morgan fingerprint density at radius 3 is 2.56 bits per heavy atom. The third-order valence-corrected chi connectivity index (χ3v) is 2.44. The van der Waals surface area contributed by atoms with E-state index in [9.17, 15) is 0 Å². The molecule has 0 fully saturated rings. The third kappa shape index (κ3) is 3.58. The van der Waals surface area contributed by atoms with Gasteiger partial charge in [-0.25, -0.2) is 0 Å². The van der Waals surface area contributed by atoms with Crippen LogP contribution in [0.3, 0.4) is 0 Å². The van der Waals surface area contributed by atoms with Crippen LogP contribution in [0.1, 0.15) is 20.3 Å². The maximum absolute atomic E-state index is 5.56. The fourth-order valence-electron chi connectivity index (χ4n) is 1.05. The highest BCUT2D eigenvalue weighted by Crippen LogP contribution is 2.18. The van der Waals surface area contributed by atoms with E-state index in [0.717, 1.165) is 6.42 Å². The fourth-order valence-corrected chi connectivity index (χ4v) is 1.05. The van der Waals surface area contributed by atoms with Gasteiger partial charge in [0.15, 0.2) is 5.82 Å². The van der Waals surface area contributed by atoms with E-state index in [1.54, 1.807) is 19.2 Å². The van der Waals surface area contributed by atoms with Crippen molar-refractivity contribution in [2.75, 3.05) is 25.2 Å². The molecule has 5 heteroatoms. The van der Waals surface area contributed by atoms with E-state index >= 15 is 0 Å². The molecule has 0 bridgehead atoms. The Bertz CT molecular complexity index is 353. The molecule has 0 atom stereocenters. The smallest absolute Gasteiger partial charge is 0.215 e. The molecule has 0 aliphatic heterocycles. The van der Waals surface area contributed by atoms with Crippen molar-refractivity contribution in [2.45, 2.75) is 25.9 Å². The first kappa shape index (κ1) is 12.6. The Hall–Kier alpha value is -1.49. The molecule has 0 radical (unpaired) electrons. The van der Waals surface area contributed by atoms with Crippen molar-refractivity contribution < 1.29 is 9.47 Å². The minimum Gasteiger partial charge on any atom is -0.477 e. The quantitative estimate of drug-likeness (QED) is 0.792. The van der Waals surface area contributed by atoms with Gasteiger partial charge in [0.1, 0.15) is 0 Å². The second-order valence-electron chi connectivity index (χ2n) is 4.19. The molecule has 0 saturated heterocycles. The number of nitrogens with two attached hydrogens (primary N) is 2. The SMILES string of the molecule is COC(C)(C)CCOc1ccc(N)c(N)n1. The van der Waals surface area contributed by atoms with Crippen molar-refractivity contribution in [2.24, 2.45) is 0 Å². The molecule has 0 saturated carbocycles. The van der Waals surface area contributed by atoms with E-state index in [1.807, 2.05) is 13.8 Å². The summed E-state index contributed by atoms with van der Waals surface area (Å²) in [5.74, 6) is 0.780. The van der Waals surface area contributed by atoms with Crippen molar-refractivity contribution in [3.8, 4) is 5.88 Å². The summed E-state index contributed by atoms with van der Waals surface area (Å²) in [5, 5.41) is 0. The molecule has 1 heterocycles. The molecule has 1 aromatic rings. The first-order valence-electron chi connectivity index (χ1n) is 5.14. The van der Waals surface area contributed by atoms with Crippen molar-refractivity contribution in [1.82, 2.24) is 4.98 Å². The van der Waals surface area contributed by atoms with Crippen LogP contribution < -0.4 is 16.2 Å². The molecular formula is C11H19N3O2. The zero-order chi connectivity index (χ0) is 12.2. The predicted octanol–water partition coefficient (Wildman–Crippen LogP) is 1.44. The molecule has 5 nitrogen and oxygen atoms in total. The Labute approximate surface area is 95.7 Å². The lowest BCUT2D eigenvalue weighted by Crippen LogP contribution is -2.25. The summed E-state index contributed by atoms with van der Waals surface area (Å²) in [4.78, 5) is 4.01. The van der Waals surface area contributed by atoms with Crippen LogP contribution in [0, 0.1) is 0 Å². The monoisotopic (exact) mass is 225 g/mol. The average Bonchev–Trinajstić information content (AvgIpc) is 2.23. The van der Waals surface area contributed by atoms with Crippen LogP contribution in [0.4, 0.5) is 11.5 Å². The van der Waals surface area contributed by atoms with E-state index in [1.165, 1.54) is 0 Å². The second kappa shape index (κ2) is 5.03. The zero-order valence-electron chi connectivity index (χ0n) is 9.99. The van der Waals surface area contributed by atoms with E-state index in [4.69, 9.17) is 20.9 Å². The van der Waals surface area contributed by atoms with Crippen LogP contribution in [0.15, 0.2) is 12.1 Å². The third-order valence-electron chi connectivity index (χ3n) is 2.44. The molecule has 0 aliphatic rings. The van der Waals surface area contributed by atoms with Gasteiger partial charge in [-0.05, 0) is 19.9 Å². The van der Waals surface area contributed by atoms with Gasteiger partial charge in [-0.3, -0.25) is 0 Å². The summed E-state index contributed by atoms with van der Waals surface area (Å²) >= 11 is 0. The number of hydrogen-bond donors (Lipinski definition) is 2. The van der Waals surface area contributed by atoms with Gasteiger partial charge in [-0.15, -0.1) is 0 Å². The molecule has 0 aromatic carbocycles. The largest absolute Gasteiger partial charge is 0.477 e. The van der Waals surface area contributed by atoms with Crippen LogP contribution >= 0.6 is 0 Å². The first-order chi connectivity index (χ1) is 7.44. The summed E-state index contributed by atoms with van der Waals surface area (Å²) in [6, 6.07) is 3.38. The first-order valence-corrected chi connectivity index (χ1v) is 5.14. The van der Waals surface area contributed by atoms with Crippen molar-refractivity contribution in [3.05, 3.63) is 12.1 Å². The van der Waals surface area contributed by atoms with Crippen LogP contribution in [-0.4, -0.2) is 24.3 Å². The van der Waals surface area contributed by atoms with E-state index in [0.29, 0.717) is 24.0 Å². The second-order valence-corrected chi connectivity index (χ2v) is 4.19. The molecule has 16 heavy (non-hydrogen) atoms. The van der Waals surface area contributed by atoms with Gasteiger partial charge in [0.05, 0.1) is 17.9 Å². The van der Waals surface area contributed by atoms with Gasteiger partial charge >= 0.3 is 0 Å². The number of nitrogens with zero attached hydrogens (tertiary/aromatic N) is 1. The maximum Gasteiger partial charge on any atom is 0.215 e. The molecule has 0 aliphatic carbocycles. The topological polar surface area (TPSA) is 83.4 Å². The van der Waals surface area contributed by atoms with E-state index in [-0.39, 0.29) is 5.60 Å². The van der Waals surface area contributed by atoms with Gasteiger partial charge < -0.3 is 20.9 Å². The highest BCUT2D eigenvalue weighted by atomic mass is 16.5. The lowest BCUT2D eigenvalue weighted by Gasteiger charge is -2.22. The average molecular weight is 225 g/mol. The minimum absolute atomic E-state index is 0.195. The number of anilines is 2. The van der Waals surface area contributed by atoms with E-state index < -0.39 is 0 Å². The Morgan fingerprint density at radius 1 is 1.31 bits per heavy atom. The highest BCUT2D eigenvalue weighted by Gasteiger charge is 2.16. The molecule has 90 valence electrons. The molecule has 0 spiro atoms. The maximum atomic E-state index is 5.56. The molecule has 0 amide bonds. The lowest BCUT2D eigenvalue weighted by atomic mass is 10.1. The summed E-state index contributed by atoms with van der Waals surface area (Å²) in [7, 11) is 1.68. The molecule has 0 unspecified atom stereocenters. The summed E-state index contributed by atoms with van der Waals surface area (Å²) in [5.41, 5.74) is 11.4. The van der Waals surface area contributed by atoms with Crippen molar-refractivity contribution in [1.29, 1.82) is 0 Å². The van der Waals surface area contributed by atoms with Crippen molar-refractivity contribution in [3.63, 3.8) is 0 Å². The molecule has 1 aromatic heterocycles. The zero-order valence-corrected chi connectivity index (χ0v) is 9.99. The Kier molecular flexibility index (Phi) is 3.95. The van der Waals surface area contributed by atoms with Gasteiger partial charge in [-0.1, -0.05) is 0 Å². The van der Waals surface area contributed by atoms with Crippen molar-refractivity contribution >= 4 is 11.5 Å². The fraction of sp³-hybridized carbons (Fsp3) is 0.545. The minimum atomic E-state index is -0.195. The number of methoxy groups -OCH3 is 1. The number of pyridine rings is 1.